The van der Waals surface area contributed by atoms with Crippen molar-refractivity contribution in [2.75, 3.05) is 20.2 Å². The van der Waals surface area contributed by atoms with Crippen molar-refractivity contribution >= 4 is 46.1 Å². The van der Waals surface area contributed by atoms with Crippen LogP contribution in [-0.4, -0.2) is 40.6 Å². The van der Waals surface area contributed by atoms with Crippen LogP contribution in [0.4, 0.5) is 0 Å². The molecular formula is C27H23Cl2N3O2. The van der Waals surface area contributed by atoms with E-state index in [1.165, 1.54) is 5.57 Å². The van der Waals surface area contributed by atoms with Crippen molar-refractivity contribution in [3.05, 3.63) is 93.9 Å². The summed E-state index contributed by atoms with van der Waals surface area (Å²) in [4.78, 5) is 19.7. The molecule has 0 N–H and O–H groups in total. The number of amides is 1. The first-order chi connectivity index (χ1) is 16.5. The van der Waals surface area contributed by atoms with Crippen molar-refractivity contribution in [3.8, 4) is 11.4 Å². The molecule has 2 aromatic carbocycles. The molecular weight excluding hydrogens is 469 g/mol. The lowest BCUT2D eigenvalue weighted by molar-refractivity contribution is 0.0746. The molecule has 0 saturated carbocycles. The number of aromatic nitrogens is 2. The van der Waals surface area contributed by atoms with Gasteiger partial charge in [-0.05, 0) is 60.9 Å². The summed E-state index contributed by atoms with van der Waals surface area (Å²) in [6.07, 6.45) is 7.39. The Morgan fingerprint density at radius 2 is 1.71 bits per heavy atom. The van der Waals surface area contributed by atoms with E-state index in [1.807, 2.05) is 70.3 Å². The highest BCUT2D eigenvalue weighted by Crippen LogP contribution is 2.31. The number of piperidine rings is 1. The Morgan fingerprint density at radius 3 is 2.38 bits per heavy atom. The van der Waals surface area contributed by atoms with Crippen LogP contribution in [0, 0.1) is 0 Å². The van der Waals surface area contributed by atoms with Gasteiger partial charge in [-0.1, -0.05) is 47.0 Å². The molecule has 0 aliphatic carbocycles. The highest BCUT2D eigenvalue weighted by molar-refractivity contribution is 6.34. The van der Waals surface area contributed by atoms with Crippen LogP contribution in [0.15, 0.2) is 72.6 Å². The van der Waals surface area contributed by atoms with Gasteiger partial charge in [-0.2, -0.15) is 0 Å². The maximum Gasteiger partial charge on any atom is 0.256 e. The summed E-state index contributed by atoms with van der Waals surface area (Å²) in [7, 11) is 1.66. The Hall–Kier alpha value is -3.28. The number of benzene rings is 2. The van der Waals surface area contributed by atoms with Crippen molar-refractivity contribution in [1.82, 2.24) is 14.5 Å². The highest BCUT2D eigenvalue weighted by Gasteiger charge is 2.25. The van der Waals surface area contributed by atoms with Gasteiger partial charge in [0.05, 0.1) is 18.2 Å². The Morgan fingerprint density at radius 1 is 1.00 bits per heavy atom. The van der Waals surface area contributed by atoms with E-state index in [9.17, 15) is 4.79 Å². The first-order valence-electron chi connectivity index (χ1n) is 11.1. The maximum atomic E-state index is 13.6. The third kappa shape index (κ3) is 4.41. The topological polar surface area (TPSA) is 47.4 Å². The van der Waals surface area contributed by atoms with Crippen LogP contribution in [0.1, 0.15) is 28.8 Å². The molecule has 2 aromatic heterocycles. The normalized spacial score (nSPS) is 13.9. The molecule has 3 heterocycles. The number of carbonyl (C=O) groups excluding carboxylic acids is 1. The summed E-state index contributed by atoms with van der Waals surface area (Å²) in [5.74, 6) is 0.846. The molecule has 7 heteroatoms. The monoisotopic (exact) mass is 491 g/mol. The van der Waals surface area contributed by atoms with Crippen LogP contribution in [0.25, 0.3) is 22.7 Å². The Balaban J connectivity index is 1.39. The zero-order chi connectivity index (χ0) is 23.7. The number of rotatable bonds is 4. The van der Waals surface area contributed by atoms with Gasteiger partial charge < -0.3 is 14.2 Å². The number of nitrogens with zero attached hydrogens (tertiary/aromatic N) is 3. The first-order valence-corrected chi connectivity index (χ1v) is 11.8. The fourth-order valence-electron chi connectivity index (χ4n) is 4.36. The molecule has 1 aliphatic rings. The lowest BCUT2D eigenvalue weighted by atomic mass is 10.00. The van der Waals surface area contributed by atoms with Crippen molar-refractivity contribution < 1.29 is 9.53 Å². The van der Waals surface area contributed by atoms with E-state index >= 15 is 0 Å². The van der Waals surface area contributed by atoms with Crippen molar-refractivity contribution in [3.63, 3.8) is 0 Å². The predicted octanol–water partition coefficient (Wildman–Crippen LogP) is 6.66. The lowest BCUT2D eigenvalue weighted by Crippen LogP contribution is -2.36. The molecule has 1 fully saturated rings. The SMILES string of the molecule is COc1ccc(C=C2CCN(C(=O)c3cn(-c4ccc(Cl)cc4)c4c(Cl)nccc34)CC2)cc1. The van der Waals surface area contributed by atoms with Gasteiger partial charge in [-0.25, -0.2) is 4.98 Å². The molecule has 1 aliphatic heterocycles. The Kier molecular flexibility index (Phi) is 6.31. The predicted molar refractivity (Wildman–Crippen MR) is 137 cm³/mol. The zero-order valence-electron chi connectivity index (χ0n) is 18.7. The van der Waals surface area contributed by atoms with Crippen LogP contribution >= 0.6 is 23.2 Å². The van der Waals surface area contributed by atoms with Gasteiger partial charge in [-0.3, -0.25) is 4.79 Å². The summed E-state index contributed by atoms with van der Waals surface area (Å²) in [5.41, 5.74) is 4.68. The summed E-state index contributed by atoms with van der Waals surface area (Å²) < 4.78 is 7.14. The van der Waals surface area contributed by atoms with Gasteiger partial charge in [0.15, 0.2) is 5.15 Å². The van der Waals surface area contributed by atoms with Crippen LogP contribution in [0.3, 0.4) is 0 Å². The van der Waals surface area contributed by atoms with Gasteiger partial charge in [-0.15, -0.1) is 0 Å². The van der Waals surface area contributed by atoms with Crippen LogP contribution in [-0.2, 0) is 0 Å². The molecule has 0 radical (unpaired) electrons. The van der Waals surface area contributed by atoms with Crippen LogP contribution in [0.5, 0.6) is 5.75 Å². The van der Waals surface area contributed by atoms with Crippen LogP contribution in [0.2, 0.25) is 10.2 Å². The number of likely N-dealkylation sites (tertiary alicyclic amines) is 1. The molecule has 1 saturated heterocycles. The van der Waals surface area contributed by atoms with E-state index in [1.54, 1.807) is 13.3 Å². The molecule has 1 amide bonds. The fourth-order valence-corrected chi connectivity index (χ4v) is 4.74. The highest BCUT2D eigenvalue weighted by atomic mass is 35.5. The van der Waals surface area contributed by atoms with E-state index in [0.29, 0.717) is 34.3 Å². The second-order valence-corrected chi connectivity index (χ2v) is 9.05. The molecule has 0 spiro atoms. The fraction of sp³-hybridized carbons (Fsp3) is 0.185. The second kappa shape index (κ2) is 9.53. The summed E-state index contributed by atoms with van der Waals surface area (Å²) in [6, 6.07) is 17.3. The molecule has 4 aromatic rings. The van der Waals surface area contributed by atoms with Crippen LogP contribution < -0.4 is 4.74 Å². The number of fused-ring (bicyclic) bond motifs is 1. The second-order valence-electron chi connectivity index (χ2n) is 8.26. The van der Waals surface area contributed by atoms with Crippen molar-refractivity contribution in [2.24, 2.45) is 0 Å². The third-order valence-corrected chi connectivity index (χ3v) is 6.71. The summed E-state index contributed by atoms with van der Waals surface area (Å²) in [6.45, 7) is 1.35. The molecule has 0 atom stereocenters. The smallest absolute Gasteiger partial charge is 0.256 e. The molecule has 34 heavy (non-hydrogen) atoms. The number of pyridine rings is 1. The number of hydrogen-bond donors (Lipinski definition) is 0. The van der Waals surface area contributed by atoms with E-state index in [2.05, 4.69) is 11.1 Å². The Bertz CT molecular complexity index is 1370. The van der Waals surface area contributed by atoms with Gasteiger partial charge in [0, 0.05) is 41.6 Å². The van der Waals surface area contributed by atoms with E-state index < -0.39 is 0 Å². The standard InChI is InChI=1S/C27H23Cl2N3O2/c1-34-22-8-2-18(3-9-22)16-19-11-14-31(15-12-19)27(33)24-17-32(21-6-4-20(28)5-7-21)25-23(24)10-13-30-26(25)29/h2-10,13,16-17H,11-12,14-15H2,1H3. The number of hydrogen-bond acceptors (Lipinski definition) is 3. The minimum absolute atomic E-state index is 0.00322. The average molecular weight is 492 g/mol. The minimum Gasteiger partial charge on any atom is -0.497 e. The van der Waals surface area contributed by atoms with Gasteiger partial charge in [0.25, 0.3) is 5.91 Å². The molecule has 0 bridgehead atoms. The third-order valence-electron chi connectivity index (χ3n) is 6.18. The number of halogens is 2. The number of ether oxygens (including phenoxy) is 1. The lowest BCUT2D eigenvalue weighted by Gasteiger charge is -2.28. The van der Waals surface area contributed by atoms with Crippen molar-refractivity contribution in [2.45, 2.75) is 12.8 Å². The quantitative estimate of drug-likeness (QED) is 0.299. The molecule has 5 rings (SSSR count). The van der Waals surface area contributed by atoms with Gasteiger partial charge in [0.2, 0.25) is 0 Å². The van der Waals surface area contributed by atoms with E-state index in [-0.39, 0.29) is 5.91 Å². The molecule has 172 valence electrons. The van der Waals surface area contributed by atoms with E-state index in [4.69, 9.17) is 27.9 Å². The number of carbonyl (C=O) groups is 1. The molecule has 0 unspecified atom stereocenters. The molecule has 5 nitrogen and oxygen atoms in total. The van der Waals surface area contributed by atoms with Crippen molar-refractivity contribution in [1.29, 1.82) is 0 Å². The van der Waals surface area contributed by atoms with Gasteiger partial charge >= 0.3 is 0 Å². The Labute approximate surface area is 208 Å². The number of methoxy groups -OCH3 is 1. The summed E-state index contributed by atoms with van der Waals surface area (Å²) >= 11 is 12.5. The maximum absolute atomic E-state index is 13.6. The van der Waals surface area contributed by atoms with Gasteiger partial charge in [0.1, 0.15) is 5.75 Å². The first kappa shape index (κ1) is 22.5. The average Bonchev–Trinajstić information content (AvgIpc) is 3.26. The van der Waals surface area contributed by atoms with E-state index in [0.717, 1.165) is 35.2 Å². The zero-order valence-corrected chi connectivity index (χ0v) is 20.2. The largest absolute Gasteiger partial charge is 0.497 e. The summed E-state index contributed by atoms with van der Waals surface area (Å²) in [5, 5.41) is 1.79. The minimum atomic E-state index is 0.00322.